The minimum Gasteiger partial charge on any atom is -0.351 e. The van der Waals surface area contributed by atoms with Gasteiger partial charge in [0.25, 0.3) is 5.91 Å². The molecule has 1 aromatic heterocycles. The predicted molar refractivity (Wildman–Crippen MR) is 141 cm³/mol. The van der Waals surface area contributed by atoms with Gasteiger partial charge in [-0.15, -0.1) is 0 Å². The minimum atomic E-state index is -1.03. The van der Waals surface area contributed by atoms with E-state index >= 15 is 0 Å². The molecule has 36 heavy (non-hydrogen) atoms. The van der Waals surface area contributed by atoms with Gasteiger partial charge in [-0.1, -0.05) is 54.6 Å². The highest BCUT2D eigenvalue weighted by atomic mass is 19.1. The number of carbonyl (C=O) groups is 2. The van der Waals surface area contributed by atoms with E-state index in [4.69, 9.17) is 0 Å². The van der Waals surface area contributed by atoms with Crippen LogP contribution in [0.5, 0.6) is 0 Å². The number of aryl methyl sites for hydroxylation is 1. The molecule has 2 N–H and O–H groups in total. The topological polar surface area (TPSA) is 65.2 Å². The highest BCUT2D eigenvalue weighted by Crippen LogP contribution is 2.31. The molecule has 0 spiro atoms. The summed E-state index contributed by atoms with van der Waals surface area (Å²) in [5.41, 5.74) is 3.54. The van der Waals surface area contributed by atoms with E-state index in [-0.39, 0.29) is 11.8 Å². The molecule has 184 valence electrons. The molecule has 1 atom stereocenters. The van der Waals surface area contributed by atoms with Crippen molar-refractivity contribution in [2.24, 2.45) is 0 Å². The molecule has 6 heteroatoms. The molecule has 0 fully saturated rings. The summed E-state index contributed by atoms with van der Waals surface area (Å²) in [5, 5.41) is 3.00. The Labute approximate surface area is 211 Å². The number of aromatic amines is 1. The summed E-state index contributed by atoms with van der Waals surface area (Å²) in [6, 6.07) is 25.4. The van der Waals surface area contributed by atoms with Gasteiger partial charge in [-0.2, -0.15) is 0 Å². The van der Waals surface area contributed by atoms with Gasteiger partial charge in [0.15, 0.2) is 0 Å². The summed E-state index contributed by atoms with van der Waals surface area (Å²) < 4.78 is 13.8. The summed E-state index contributed by atoms with van der Waals surface area (Å²) in [6.45, 7) is 7.56. The van der Waals surface area contributed by atoms with E-state index < -0.39 is 17.4 Å². The third-order valence-corrected chi connectivity index (χ3v) is 5.69. The average molecular weight is 484 g/mol. The highest BCUT2D eigenvalue weighted by Gasteiger charge is 2.35. The lowest BCUT2D eigenvalue weighted by molar-refractivity contribution is -0.123. The normalized spacial score (nSPS) is 12.1. The van der Waals surface area contributed by atoms with Crippen LogP contribution in [-0.2, 0) is 4.79 Å². The molecule has 1 unspecified atom stereocenters. The first-order valence-corrected chi connectivity index (χ1v) is 11.8. The van der Waals surface area contributed by atoms with Crippen LogP contribution < -0.4 is 10.2 Å². The van der Waals surface area contributed by atoms with Gasteiger partial charge in [-0.05, 0) is 80.8 Å². The number of benzene rings is 3. The summed E-state index contributed by atoms with van der Waals surface area (Å²) >= 11 is 0. The Morgan fingerprint density at radius 3 is 2.22 bits per heavy atom. The third-order valence-electron chi connectivity index (χ3n) is 5.69. The molecule has 0 aliphatic carbocycles. The number of aromatic nitrogens is 1. The van der Waals surface area contributed by atoms with E-state index in [1.807, 2.05) is 82.3 Å². The van der Waals surface area contributed by atoms with Crippen LogP contribution in [0.3, 0.4) is 0 Å². The number of H-pyrrole nitrogens is 1. The zero-order chi connectivity index (χ0) is 25.9. The van der Waals surface area contributed by atoms with E-state index in [2.05, 4.69) is 10.3 Å². The lowest BCUT2D eigenvalue weighted by atomic mass is 10.00. The van der Waals surface area contributed by atoms with E-state index in [9.17, 15) is 14.0 Å². The van der Waals surface area contributed by atoms with Crippen LogP contribution in [0.15, 0.2) is 91.0 Å². The fraction of sp³-hybridized carbons (Fsp3) is 0.200. The number of hydrogen-bond donors (Lipinski definition) is 2. The maximum Gasteiger partial charge on any atom is 0.275 e. The molecular formula is C30H30FN3O2. The first-order valence-electron chi connectivity index (χ1n) is 11.8. The third kappa shape index (κ3) is 5.71. The van der Waals surface area contributed by atoms with Crippen LogP contribution in [0, 0.1) is 12.7 Å². The molecule has 0 radical (unpaired) electrons. The summed E-state index contributed by atoms with van der Waals surface area (Å²) in [7, 11) is 0. The SMILES string of the molecule is Cc1cccc(N(C(=O)c2ccc(-c3ccccc3)[nH]2)C(C(=O)NC(C)(C)C)c2ccc(F)cc2)c1. The lowest BCUT2D eigenvalue weighted by Gasteiger charge is -2.33. The van der Waals surface area contributed by atoms with Crippen molar-refractivity contribution >= 4 is 17.5 Å². The first-order chi connectivity index (χ1) is 17.1. The van der Waals surface area contributed by atoms with Crippen LogP contribution in [0.1, 0.15) is 48.4 Å². The van der Waals surface area contributed by atoms with Crippen molar-refractivity contribution in [2.45, 2.75) is 39.3 Å². The Morgan fingerprint density at radius 2 is 1.58 bits per heavy atom. The zero-order valence-corrected chi connectivity index (χ0v) is 20.9. The second-order valence-corrected chi connectivity index (χ2v) is 9.86. The fourth-order valence-corrected chi connectivity index (χ4v) is 4.10. The quantitative estimate of drug-likeness (QED) is 0.332. The molecule has 4 rings (SSSR count). The number of hydrogen-bond acceptors (Lipinski definition) is 2. The number of rotatable bonds is 6. The van der Waals surface area contributed by atoms with Crippen molar-refractivity contribution in [3.63, 3.8) is 0 Å². The van der Waals surface area contributed by atoms with Crippen LogP contribution in [0.4, 0.5) is 10.1 Å². The standard InChI is InChI=1S/C30H30FN3O2/c1-20-9-8-12-24(19-20)34(29(36)26-18-17-25(32-26)21-10-6-5-7-11-21)27(28(35)33-30(2,3)4)22-13-15-23(31)16-14-22/h5-19,27,32H,1-4H3,(H,33,35). The number of halogens is 1. The monoisotopic (exact) mass is 483 g/mol. The highest BCUT2D eigenvalue weighted by molar-refractivity contribution is 6.09. The lowest BCUT2D eigenvalue weighted by Crippen LogP contribution is -2.49. The number of nitrogens with one attached hydrogen (secondary N) is 2. The largest absolute Gasteiger partial charge is 0.351 e. The molecule has 2 amide bonds. The van der Waals surface area contributed by atoms with E-state index in [1.54, 1.807) is 24.3 Å². The number of amides is 2. The van der Waals surface area contributed by atoms with Gasteiger partial charge < -0.3 is 10.3 Å². The molecule has 0 aliphatic rings. The van der Waals surface area contributed by atoms with E-state index in [1.165, 1.54) is 17.0 Å². The van der Waals surface area contributed by atoms with Crippen molar-refractivity contribution in [2.75, 3.05) is 4.90 Å². The smallest absolute Gasteiger partial charge is 0.275 e. The predicted octanol–water partition coefficient (Wildman–Crippen LogP) is 6.43. The molecular weight excluding hydrogens is 453 g/mol. The van der Waals surface area contributed by atoms with Crippen molar-refractivity contribution in [3.05, 3.63) is 114 Å². The summed E-state index contributed by atoms with van der Waals surface area (Å²) in [6.07, 6.45) is 0. The second kappa shape index (κ2) is 10.2. The Kier molecular flexibility index (Phi) is 7.06. The van der Waals surface area contributed by atoms with Gasteiger partial charge in [0.1, 0.15) is 17.6 Å². The molecule has 1 heterocycles. The van der Waals surface area contributed by atoms with Gasteiger partial charge >= 0.3 is 0 Å². The van der Waals surface area contributed by atoms with Gasteiger partial charge in [0.2, 0.25) is 5.91 Å². The maximum atomic E-state index is 14.1. The maximum absolute atomic E-state index is 14.1. The molecule has 3 aromatic carbocycles. The number of nitrogens with zero attached hydrogens (tertiary/aromatic N) is 1. The number of anilines is 1. The van der Waals surface area contributed by atoms with E-state index in [0.29, 0.717) is 16.9 Å². The van der Waals surface area contributed by atoms with Crippen LogP contribution in [-0.4, -0.2) is 22.3 Å². The Hall–Kier alpha value is -4.19. The van der Waals surface area contributed by atoms with Gasteiger partial charge in [-0.3, -0.25) is 14.5 Å². The van der Waals surface area contributed by atoms with E-state index in [0.717, 1.165) is 16.8 Å². The Morgan fingerprint density at radius 1 is 0.889 bits per heavy atom. The fourth-order valence-electron chi connectivity index (χ4n) is 4.10. The summed E-state index contributed by atoms with van der Waals surface area (Å²) in [5.74, 6) is -1.15. The van der Waals surface area contributed by atoms with Gasteiger partial charge in [-0.25, -0.2) is 4.39 Å². The van der Waals surface area contributed by atoms with Crippen molar-refractivity contribution < 1.29 is 14.0 Å². The Balaban J connectivity index is 1.84. The molecule has 0 bridgehead atoms. The molecule has 4 aromatic rings. The first kappa shape index (κ1) is 24.9. The van der Waals surface area contributed by atoms with Crippen LogP contribution in [0.25, 0.3) is 11.3 Å². The molecule has 0 saturated heterocycles. The van der Waals surface area contributed by atoms with Crippen molar-refractivity contribution in [3.8, 4) is 11.3 Å². The molecule has 5 nitrogen and oxygen atoms in total. The van der Waals surface area contributed by atoms with Crippen molar-refractivity contribution in [1.29, 1.82) is 0 Å². The van der Waals surface area contributed by atoms with Crippen LogP contribution in [0.2, 0.25) is 0 Å². The average Bonchev–Trinajstić information content (AvgIpc) is 3.33. The summed E-state index contributed by atoms with van der Waals surface area (Å²) in [4.78, 5) is 32.5. The zero-order valence-electron chi connectivity index (χ0n) is 20.9. The van der Waals surface area contributed by atoms with Gasteiger partial charge in [0.05, 0.1) is 0 Å². The second-order valence-electron chi connectivity index (χ2n) is 9.86. The Bertz CT molecular complexity index is 1350. The van der Waals surface area contributed by atoms with Crippen LogP contribution >= 0.6 is 0 Å². The number of carbonyl (C=O) groups excluding carboxylic acids is 2. The molecule has 0 saturated carbocycles. The van der Waals surface area contributed by atoms with Gasteiger partial charge in [0, 0.05) is 16.9 Å². The minimum absolute atomic E-state index is 0.339. The molecule has 0 aliphatic heterocycles. The van der Waals surface area contributed by atoms with Crippen molar-refractivity contribution in [1.82, 2.24) is 10.3 Å².